The molecule has 2 atom stereocenters. The highest BCUT2D eigenvalue weighted by atomic mass is 32.2. The van der Waals surface area contributed by atoms with Gasteiger partial charge >= 0.3 is 0 Å². The molecule has 0 spiro atoms. The monoisotopic (exact) mass is 305 g/mol. The van der Waals surface area contributed by atoms with Crippen molar-refractivity contribution in [1.82, 2.24) is 4.72 Å². The standard InChI is InChI=1S/C16H19NO3S/c1-12(16-7-4-10-20-16)17-21(18,19)15-9-8-13-5-2-3-6-14(13)11-15/h2-3,5-6,8-9,11-12,16-17H,4,7,10H2,1H3/t12-,16-/m1/s1. The van der Waals surface area contributed by atoms with Crippen molar-refractivity contribution in [3.8, 4) is 0 Å². The molecule has 0 amide bonds. The molecule has 0 aromatic heterocycles. The molecule has 0 saturated carbocycles. The predicted molar refractivity (Wildman–Crippen MR) is 82.7 cm³/mol. The molecule has 1 aliphatic heterocycles. The van der Waals surface area contributed by atoms with E-state index >= 15 is 0 Å². The van der Waals surface area contributed by atoms with Gasteiger partial charge in [-0.15, -0.1) is 0 Å². The summed E-state index contributed by atoms with van der Waals surface area (Å²) in [5.74, 6) is 0. The minimum Gasteiger partial charge on any atom is -0.377 e. The van der Waals surface area contributed by atoms with E-state index in [4.69, 9.17) is 4.74 Å². The molecule has 112 valence electrons. The maximum absolute atomic E-state index is 12.5. The average molecular weight is 305 g/mol. The predicted octanol–water partition coefficient (Wildman–Crippen LogP) is 2.69. The highest BCUT2D eigenvalue weighted by Gasteiger charge is 2.26. The molecule has 0 aliphatic carbocycles. The summed E-state index contributed by atoms with van der Waals surface area (Å²) < 4.78 is 33.2. The van der Waals surface area contributed by atoms with Crippen LogP contribution in [0.2, 0.25) is 0 Å². The largest absolute Gasteiger partial charge is 0.377 e. The fourth-order valence-electron chi connectivity index (χ4n) is 2.72. The summed E-state index contributed by atoms with van der Waals surface area (Å²) in [7, 11) is -3.52. The second-order valence-electron chi connectivity index (χ2n) is 5.47. The second kappa shape index (κ2) is 5.75. The van der Waals surface area contributed by atoms with Crippen LogP contribution in [0.4, 0.5) is 0 Å². The lowest BCUT2D eigenvalue weighted by Crippen LogP contribution is -2.40. The Bertz CT molecular complexity index is 736. The Kier molecular flexibility index (Phi) is 3.97. The van der Waals surface area contributed by atoms with Gasteiger partial charge in [0.25, 0.3) is 0 Å². The SMILES string of the molecule is C[C@@H](NS(=O)(=O)c1ccc2ccccc2c1)[C@H]1CCCO1. The number of ether oxygens (including phenoxy) is 1. The molecule has 2 aromatic carbocycles. The smallest absolute Gasteiger partial charge is 0.240 e. The van der Waals surface area contributed by atoms with Gasteiger partial charge in [0.05, 0.1) is 11.0 Å². The molecule has 1 heterocycles. The first-order valence-corrected chi connectivity index (χ1v) is 8.67. The minimum absolute atomic E-state index is 0.0276. The van der Waals surface area contributed by atoms with Crippen molar-refractivity contribution >= 4 is 20.8 Å². The maximum Gasteiger partial charge on any atom is 0.240 e. The van der Waals surface area contributed by atoms with Gasteiger partial charge < -0.3 is 4.74 Å². The number of fused-ring (bicyclic) bond motifs is 1. The Morgan fingerprint density at radius 2 is 1.95 bits per heavy atom. The Morgan fingerprint density at radius 3 is 2.67 bits per heavy atom. The molecular formula is C16H19NO3S. The molecule has 2 aromatic rings. The maximum atomic E-state index is 12.5. The van der Waals surface area contributed by atoms with Crippen LogP contribution in [0.3, 0.4) is 0 Å². The van der Waals surface area contributed by atoms with Crippen LogP contribution in [0.1, 0.15) is 19.8 Å². The quantitative estimate of drug-likeness (QED) is 0.945. The normalized spacial score (nSPS) is 20.7. The zero-order valence-corrected chi connectivity index (χ0v) is 12.8. The molecule has 3 rings (SSSR count). The van der Waals surface area contributed by atoms with Crippen LogP contribution >= 0.6 is 0 Å². The van der Waals surface area contributed by atoms with E-state index in [0.29, 0.717) is 11.5 Å². The third-order valence-corrected chi connectivity index (χ3v) is 5.45. The summed E-state index contributed by atoms with van der Waals surface area (Å²) in [6.45, 7) is 2.57. The Hall–Kier alpha value is -1.43. The van der Waals surface area contributed by atoms with Gasteiger partial charge in [-0.3, -0.25) is 0 Å². The molecule has 21 heavy (non-hydrogen) atoms. The molecule has 4 nitrogen and oxygen atoms in total. The van der Waals surface area contributed by atoms with E-state index in [2.05, 4.69) is 4.72 Å². The van der Waals surface area contributed by atoms with Crippen LogP contribution in [0.15, 0.2) is 47.4 Å². The van der Waals surface area contributed by atoms with E-state index in [1.807, 2.05) is 37.3 Å². The van der Waals surface area contributed by atoms with Crippen LogP contribution in [0.25, 0.3) is 10.8 Å². The first-order chi connectivity index (χ1) is 10.1. The van der Waals surface area contributed by atoms with Crippen LogP contribution in [-0.2, 0) is 14.8 Å². The molecule has 0 unspecified atom stereocenters. The van der Waals surface area contributed by atoms with Gasteiger partial charge in [-0.1, -0.05) is 30.3 Å². The van der Waals surface area contributed by atoms with Crippen LogP contribution < -0.4 is 4.72 Å². The summed E-state index contributed by atoms with van der Waals surface area (Å²) in [6.07, 6.45) is 1.87. The lowest BCUT2D eigenvalue weighted by Gasteiger charge is -2.20. The van der Waals surface area contributed by atoms with Crippen molar-refractivity contribution in [2.24, 2.45) is 0 Å². The van der Waals surface area contributed by atoms with Gasteiger partial charge in [0.15, 0.2) is 0 Å². The van der Waals surface area contributed by atoms with E-state index < -0.39 is 10.0 Å². The molecule has 1 aliphatic rings. The van der Waals surface area contributed by atoms with Gasteiger partial charge in [0, 0.05) is 12.6 Å². The van der Waals surface area contributed by atoms with Crippen LogP contribution in [0, 0.1) is 0 Å². The molecule has 1 saturated heterocycles. The van der Waals surface area contributed by atoms with Gasteiger partial charge in [-0.2, -0.15) is 0 Å². The number of hydrogen-bond acceptors (Lipinski definition) is 3. The van der Waals surface area contributed by atoms with E-state index in [-0.39, 0.29) is 12.1 Å². The van der Waals surface area contributed by atoms with Crippen LogP contribution in [-0.4, -0.2) is 27.2 Å². The lowest BCUT2D eigenvalue weighted by atomic mass is 10.1. The highest BCUT2D eigenvalue weighted by molar-refractivity contribution is 7.89. The molecule has 1 N–H and O–H groups in total. The Labute approximate surface area is 125 Å². The van der Waals surface area contributed by atoms with Crippen molar-refractivity contribution in [2.45, 2.75) is 36.8 Å². The number of rotatable bonds is 4. The molecular weight excluding hydrogens is 286 g/mol. The van der Waals surface area contributed by atoms with E-state index in [9.17, 15) is 8.42 Å². The average Bonchev–Trinajstić information content (AvgIpc) is 3.00. The zero-order valence-electron chi connectivity index (χ0n) is 12.0. The molecule has 1 fully saturated rings. The highest BCUT2D eigenvalue weighted by Crippen LogP contribution is 2.21. The molecule has 0 bridgehead atoms. The summed E-state index contributed by atoms with van der Waals surface area (Å²) in [4.78, 5) is 0.297. The van der Waals surface area contributed by atoms with Gasteiger partial charge in [0.1, 0.15) is 0 Å². The number of benzene rings is 2. The second-order valence-corrected chi connectivity index (χ2v) is 7.18. The van der Waals surface area contributed by atoms with Gasteiger partial charge in [-0.05, 0) is 42.7 Å². The molecule has 5 heteroatoms. The number of nitrogens with one attached hydrogen (secondary N) is 1. The van der Waals surface area contributed by atoms with E-state index in [1.54, 1.807) is 12.1 Å². The fourth-order valence-corrected chi connectivity index (χ4v) is 4.03. The first-order valence-electron chi connectivity index (χ1n) is 7.19. The third-order valence-electron chi connectivity index (χ3n) is 3.89. The van der Waals surface area contributed by atoms with Crippen molar-refractivity contribution in [2.75, 3.05) is 6.61 Å². The van der Waals surface area contributed by atoms with E-state index in [1.165, 1.54) is 0 Å². The molecule has 0 radical (unpaired) electrons. The van der Waals surface area contributed by atoms with E-state index in [0.717, 1.165) is 23.6 Å². The Balaban J connectivity index is 1.85. The van der Waals surface area contributed by atoms with Crippen LogP contribution in [0.5, 0.6) is 0 Å². The summed E-state index contributed by atoms with van der Waals surface area (Å²) >= 11 is 0. The minimum atomic E-state index is -3.52. The zero-order chi connectivity index (χ0) is 14.9. The van der Waals surface area contributed by atoms with Crippen molar-refractivity contribution in [3.63, 3.8) is 0 Å². The summed E-state index contributed by atoms with van der Waals surface area (Å²) in [5, 5.41) is 1.95. The van der Waals surface area contributed by atoms with Gasteiger partial charge in [0.2, 0.25) is 10.0 Å². The van der Waals surface area contributed by atoms with Crippen molar-refractivity contribution in [3.05, 3.63) is 42.5 Å². The summed E-state index contributed by atoms with van der Waals surface area (Å²) in [6, 6.07) is 12.7. The number of hydrogen-bond donors (Lipinski definition) is 1. The van der Waals surface area contributed by atoms with Gasteiger partial charge in [-0.25, -0.2) is 13.1 Å². The number of sulfonamides is 1. The topological polar surface area (TPSA) is 55.4 Å². The lowest BCUT2D eigenvalue weighted by molar-refractivity contribution is 0.0902. The third kappa shape index (κ3) is 3.10. The van der Waals surface area contributed by atoms with Crippen molar-refractivity contribution < 1.29 is 13.2 Å². The fraction of sp³-hybridized carbons (Fsp3) is 0.375. The first kappa shape index (κ1) is 14.5. The Morgan fingerprint density at radius 1 is 1.19 bits per heavy atom. The summed E-state index contributed by atoms with van der Waals surface area (Å²) in [5.41, 5.74) is 0. The van der Waals surface area contributed by atoms with Crippen molar-refractivity contribution in [1.29, 1.82) is 0 Å².